The van der Waals surface area contributed by atoms with Crippen molar-refractivity contribution >= 4 is 11.6 Å². The first-order valence-corrected chi connectivity index (χ1v) is 6.29. The molecule has 0 aliphatic carbocycles. The second kappa shape index (κ2) is 5.58. The minimum absolute atomic E-state index is 0.113. The summed E-state index contributed by atoms with van der Waals surface area (Å²) in [4.78, 5) is 0. The fraction of sp³-hybridized carbons (Fsp3) is 0.571. The maximum Gasteiger partial charge on any atom is 0.125 e. The van der Waals surface area contributed by atoms with Crippen molar-refractivity contribution in [1.29, 1.82) is 0 Å². The zero-order valence-corrected chi connectivity index (χ0v) is 11.4. The zero-order valence-electron chi connectivity index (χ0n) is 10.6. The van der Waals surface area contributed by atoms with Gasteiger partial charge in [0.1, 0.15) is 5.75 Å². The quantitative estimate of drug-likeness (QED) is 0.563. The highest BCUT2D eigenvalue weighted by atomic mass is 35.5. The first-order chi connectivity index (χ1) is 7.46. The maximum absolute atomic E-state index is 5.85. The van der Waals surface area contributed by atoms with E-state index in [-0.39, 0.29) is 5.41 Å². The van der Waals surface area contributed by atoms with Gasteiger partial charge < -0.3 is 4.74 Å². The van der Waals surface area contributed by atoms with Crippen molar-refractivity contribution in [3.05, 3.63) is 29.3 Å². The molecule has 0 saturated heterocycles. The van der Waals surface area contributed by atoms with Gasteiger partial charge in [0, 0.05) is 5.88 Å². The van der Waals surface area contributed by atoms with Crippen molar-refractivity contribution in [2.24, 2.45) is 0 Å². The molecule has 0 radical (unpaired) electrons. The van der Waals surface area contributed by atoms with Gasteiger partial charge in [0.05, 0.1) is 6.61 Å². The molecule has 1 aromatic carbocycles. The smallest absolute Gasteiger partial charge is 0.125 e. The molecule has 1 aromatic rings. The Balaban J connectivity index is 2.95. The third-order valence-electron chi connectivity index (χ3n) is 2.54. The Morgan fingerprint density at radius 1 is 1.25 bits per heavy atom. The summed E-state index contributed by atoms with van der Waals surface area (Å²) in [6.07, 6.45) is 0.888. The number of hydrogen-bond donors (Lipinski definition) is 0. The highest BCUT2D eigenvalue weighted by Gasteiger charge is 2.19. The molecular weight excluding hydrogens is 220 g/mol. The molecule has 0 N–H and O–H groups in total. The minimum Gasteiger partial charge on any atom is -0.493 e. The number of alkyl halides is 1. The molecule has 0 aliphatic rings. The summed E-state index contributed by atoms with van der Waals surface area (Å²) in [6.45, 7) is 9.39. The van der Waals surface area contributed by atoms with E-state index in [2.05, 4.69) is 45.9 Å². The molecule has 0 saturated carbocycles. The summed E-state index contributed by atoms with van der Waals surface area (Å²) in [5, 5.41) is 0. The molecule has 1 nitrogen and oxygen atoms in total. The Morgan fingerprint density at radius 2 is 1.94 bits per heavy atom. The number of halogens is 1. The van der Waals surface area contributed by atoms with Crippen molar-refractivity contribution in [3.63, 3.8) is 0 Å². The van der Waals surface area contributed by atoms with E-state index in [1.165, 1.54) is 11.1 Å². The molecule has 0 unspecified atom stereocenters. The average Bonchev–Trinajstić information content (AvgIpc) is 2.19. The first kappa shape index (κ1) is 13.4. The van der Waals surface area contributed by atoms with E-state index in [9.17, 15) is 0 Å². The van der Waals surface area contributed by atoms with Gasteiger partial charge in [0.25, 0.3) is 0 Å². The maximum atomic E-state index is 5.85. The average molecular weight is 241 g/mol. The van der Waals surface area contributed by atoms with Gasteiger partial charge in [-0.2, -0.15) is 0 Å². The lowest BCUT2D eigenvalue weighted by Gasteiger charge is -2.24. The summed E-state index contributed by atoms with van der Waals surface area (Å²) < 4.78 is 5.85. The first-order valence-electron chi connectivity index (χ1n) is 5.75. The Bertz CT molecular complexity index is 339. The van der Waals surface area contributed by atoms with Crippen LogP contribution in [0.3, 0.4) is 0 Å². The van der Waals surface area contributed by atoms with Gasteiger partial charge in [-0.25, -0.2) is 0 Å². The Labute approximate surface area is 104 Å². The number of para-hydroxylation sites is 1. The summed E-state index contributed by atoms with van der Waals surface area (Å²) in [5.74, 6) is 1.68. The van der Waals surface area contributed by atoms with Crippen LogP contribution in [0.4, 0.5) is 0 Å². The van der Waals surface area contributed by atoms with Gasteiger partial charge in [0.2, 0.25) is 0 Å². The fourth-order valence-corrected chi connectivity index (χ4v) is 1.77. The number of benzene rings is 1. The van der Waals surface area contributed by atoms with E-state index in [0.717, 1.165) is 12.2 Å². The van der Waals surface area contributed by atoms with Gasteiger partial charge in [0.15, 0.2) is 0 Å². The lowest BCUT2D eigenvalue weighted by atomic mass is 9.85. The van der Waals surface area contributed by atoms with Crippen LogP contribution < -0.4 is 4.74 Å². The molecule has 0 atom stereocenters. The van der Waals surface area contributed by atoms with Crippen LogP contribution >= 0.6 is 11.6 Å². The van der Waals surface area contributed by atoms with Crippen LogP contribution in [-0.4, -0.2) is 12.5 Å². The van der Waals surface area contributed by atoms with Crippen molar-refractivity contribution in [1.82, 2.24) is 0 Å². The molecule has 90 valence electrons. The van der Waals surface area contributed by atoms with Crippen LogP contribution in [-0.2, 0) is 5.41 Å². The topological polar surface area (TPSA) is 9.23 Å². The Morgan fingerprint density at radius 3 is 2.50 bits per heavy atom. The number of hydrogen-bond acceptors (Lipinski definition) is 1. The van der Waals surface area contributed by atoms with E-state index in [0.29, 0.717) is 12.5 Å². The number of rotatable bonds is 4. The standard InChI is InChI=1S/C14H21ClO/c1-11-7-5-8-12(14(2,3)4)13(11)16-10-6-9-15/h5,7-8H,6,9-10H2,1-4H3. The Hall–Kier alpha value is -0.690. The lowest BCUT2D eigenvalue weighted by molar-refractivity contribution is 0.307. The van der Waals surface area contributed by atoms with E-state index >= 15 is 0 Å². The van der Waals surface area contributed by atoms with E-state index < -0.39 is 0 Å². The van der Waals surface area contributed by atoms with Crippen LogP contribution in [0.2, 0.25) is 0 Å². The van der Waals surface area contributed by atoms with Crippen molar-refractivity contribution < 1.29 is 4.74 Å². The van der Waals surface area contributed by atoms with E-state index in [1.54, 1.807) is 0 Å². The molecule has 0 amide bonds. The highest BCUT2D eigenvalue weighted by Crippen LogP contribution is 2.33. The Kier molecular flexibility index (Phi) is 4.67. The highest BCUT2D eigenvalue weighted by molar-refractivity contribution is 6.17. The third kappa shape index (κ3) is 3.41. The van der Waals surface area contributed by atoms with Crippen LogP contribution in [0.5, 0.6) is 5.75 Å². The van der Waals surface area contributed by atoms with Crippen LogP contribution in [0.25, 0.3) is 0 Å². The molecule has 0 spiro atoms. The second-order valence-corrected chi connectivity index (χ2v) is 5.47. The van der Waals surface area contributed by atoms with Crippen molar-refractivity contribution in [2.75, 3.05) is 12.5 Å². The molecule has 16 heavy (non-hydrogen) atoms. The van der Waals surface area contributed by atoms with E-state index in [4.69, 9.17) is 16.3 Å². The van der Waals surface area contributed by atoms with Gasteiger partial charge in [-0.3, -0.25) is 0 Å². The third-order valence-corrected chi connectivity index (χ3v) is 2.81. The van der Waals surface area contributed by atoms with Gasteiger partial charge in [-0.05, 0) is 29.9 Å². The SMILES string of the molecule is Cc1cccc(C(C)(C)C)c1OCCCCl. The molecule has 0 fully saturated rings. The fourth-order valence-electron chi connectivity index (χ4n) is 1.66. The summed E-state index contributed by atoms with van der Waals surface area (Å²) in [6, 6.07) is 6.32. The number of aryl methyl sites for hydroxylation is 1. The zero-order chi connectivity index (χ0) is 12.2. The molecule has 2 heteroatoms. The normalized spacial score (nSPS) is 11.6. The summed E-state index contributed by atoms with van der Waals surface area (Å²) in [5.41, 5.74) is 2.58. The second-order valence-electron chi connectivity index (χ2n) is 5.09. The van der Waals surface area contributed by atoms with Crippen LogP contribution in [0.15, 0.2) is 18.2 Å². The monoisotopic (exact) mass is 240 g/mol. The lowest BCUT2D eigenvalue weighted by Crippen LogP contribution is -2.14. The molecule has 1 rings (SSSR count). The predicted octanol–water partition coefficient (Wildman–Crippen LogP) is 4.30. The van der Waals surface area contributed by atoms with Crippen molar-refractivity contribution in [2.45, 2.75) is 39.5 Å². The molecule has 0 heterocycles. The van der Waals surface area contributed by atoms with Crippen molar-refractivity contribution in [3.8, 4) is 5.75 Å². The molecule has 0 aliphatic heterocycles. The van der Waals surface area contributed by atoms with Crippen LogP contribution in [0, 0.1) is 6.92 Å². The largest absolute Gasteiger partial charge is 0.493 e. The number of ether oxygens (including phenoxy) is 1. The molecular formula is C14H21ClO. The van der Waals surface area contributed by atoms with Crippen LogP contribution in [0.1, 0.15) is 38.3 Å². The summed E-state index contributed by atoms with van der Waals surface area (Å²) >= 11 is 5.66. The molecule has 0 bridgehead atoms. The van der Waals surface area contributed by atoms with E-state index in [1.807, 2.05) is 0 Å². The summed E-state index contributed by atoms with van der Waals surface area (Å²) in [7, 11) is 0. The molecule has 0 aromatic heterocycles. The predicted molar refractivity (Wildman–Crippen MR) is 70.7 cm³/mol. The van der Waals surface area contributed by atoms with Gasteiger partial charge in [-0.15, -0.1) is 11.6 Å². The van der Waals surface area contributed by atoms with Gasteiger partial charge >= 0.3 is 0 Å². The van der Waals surface area contributed by atoms with Gasteiger partial charge in [-0.1, -0.05) is 39.0 Å². The minimum atomic E-state index is 0.113.